The van der Waals surface area contributed by atoms with E-state index in [1.54, 1.807) is 0 Å². The van der Waals surface area contributed by atoms with Crippen LogP contribution in [0.4, 0.5) is 0 Å². The standard InChI is InChI=1S/C11H17BrN4O/c1-6(13-2)5-14-11(17)10-8(12)9(15-16-10)7-3-4-7/h6-7,13H,3-5H2,1-2H3,(H,14,17)(H,15,16). The second kappa shape index (κ2) is 5.18. The van der Waals surface area contributed by atoms with Crippen LogP contribution in [0.2, 0.25) is 0 Å². The molecular formula is C11H17BrN4O. The summed E-state index contributed by atoms with van der Waals surface area (Å²) in [7, 11) is 1.87. The Morgan fingerprint density at radius 2 is 2.35 bits per heavy atom. The molecule has 6 heteroatoms. The molecule has 1 aliphatic rings. The summed E-state index contributed by atoms with van der Waals surface area (Å²) >= 11 is 3.45. The molecule has 94 valence electrons. The first-order valence-corrected chi connectivity index (χ1v) is 6.62. The summed E-state index contributed by atoms with van der Waals surface area (Å²) in [5.74, 6) is 0.414. The van der Waals surface area contributed by atoms with E-state index in [-0.39, 0.29) is 11.9 Å². The van der Waals surface area contributed by atoms with Crippen molar-refractivity contribution in [2.24, 2.45) is 0 Å². The molecule has 2 rings (SSSR count). The number of nitrogens with zero attached hydrogens (tertiary/aromatic N) is 1. The van der Waals surface area contributed by atoms with Crippen molar-refractivity contribution in [3.8, 4) is 0 Å². The van der Waals surface area contributed by atoms with Gasteiger partial charge in [-0.1, -0.05) is 0 Å². The zero-order valence-electron chi connectivity index (χ0n) is 10.0. The van der Waals surface area contributed by atoms with Gasteiger partial charge in [-0.2, -0.15) is 5.10 Å². The van der Waals surface area contributed by atoms with Crippen LogP contribution in [0, 0.1) is 0 Å². The summed E-state index contributed by atoms with van der Waals surface area (Å²) < 4.78 is 0.814. The van der Waals surface area contributed by atoms with Gasteiger partial charge in [0.25, 0.3) is 5.91 Å². The largest absolute Gasteiger partial charge is 0.349 e. The molecule has 1 saturated carbocycles. The Balaban J connectivity index is 1.99. The van der Waals surface area contributed by atoms with Crippen LogP contribution in [-0.4, -0.2) is 35.7 Å². The third kappa shape index (κ3) is 2.87. The van der Waals surface area contributed by atoms with Crippen molar-refractivity contribution in [2.45, 2.75) is 31.7 Å². The molecule has 0 spiro atoms. The lowest BCUT2D eigenvalue weighted by Crippen LogP contribution is -2.37. The number of likely N-dealkylation sites (N-methyl/N-ethyl adjacent to an activating group) is 1. The summed E-state index contributed by atoms with van der Waals surface area (Å²) in [4.78, 5) is 11.9. The zero-order valence-corrected chi connectivity index (χ0v) is 11.6. The van der Waals surface area contributed by atoms with Crippen LogP contribution in [0.25, 0.3) is 0 Å². The smallest absolute Gasteiger partial charge is 0.273 e. The molecule has 1 fully saturated rings. The van der Waals surface area contributed by atoms with E-state index in [0.717, 1.165) is 10.2 Å². The topological polar surface area (TPSA) is 69.8 Å². The van der Waals surface area contributed by atoms with Crippen molar-refractivity contribution in [3.05, 3.63) is 15.9 Å². The predicted molar refractivity (Wildman–Crippen MR) is 69.1 cm³/mol. The molecule has 1 amide bonds. The van der Waals surface area contributed by atoms with Gasteiger partial charge in [0.15, 0.2) is 5.69 Å². The average Bonchev–Trinajstić information content (AvgIpc) is 3.09. The highest BCUT2D eigenvalue weighted by Gasteiger charge is 2.30. The quantitative estimate of drug-likeness (QED) is 0.769. The van der Waals surface area contributed by atoms with E-state index in [9.17, 15) is 4.79 Å². The number of carbonyl (C=O) groups excluding carboxylic acids is 1. The Morgan fingerprint density at radius 1 is 1.65 bits per heavy atom. The molecule has 17 heavy (non-hydrogen) atoms. The molecule has 0 saturated heterocycles. The van der Waals surface area contributed by atoms with Gasteiger partial charge in [-0.15, -0.1) is 0 Å². The lowest BCUT2D eigenvalue weighted by atomic mass is 10.2. The van der Waals surface area contributed by atoms with E-state index in [0.29, 0.717) is 18.2 Å². The Kier molecular flexibility index (Phi) is 3.83. The first kappa shape index (κ1) is 12.6. The Labute approximate surface area is 109 Å². The molecule has 1 unspecified atom stereocenters. The van der Waals surface area contributed by atoms with E-state index in [2.05, 4.69) is 36.8 Å². The summed E-state index contributed by atoms with van der Waals surface area (Å²) in [5.41, 5.74) is 1.51. The number of nitrogens with one attached hydrogen (secondary N) is 3. The maximum Gasteiger partial charge on any atom is 0.273 e. The molecule has 0 bridgehead atoms. The lowest BCUT2D eigenvalue weighted by molar-refractivity contribution is 0.0945. The van der Waals surface area contributed by atoms with E-state index in [4.69, 9.17) is 0 Å². The van der Waals surface area contributed by atoms with Crippen LogP contribution in [-0.2, 0) is 0 Å². The van der Waals surface area contributed by atoms with Crippen molar-refractivity contribution >= 4 is 21.8 Å². The summed E-state index contributed by atoms with van der Waals surface area (Å²) in [6.07, 6.45) is 2.36. The van der Waals surface area contributed by atoms with Gasteiger partial charge in [0, 0.05) is 18.5 Å². The van der Waals surface area contributed by atoms with Crippen LogP contribution in [0.15, 0.2) is 4.47 Å². The molecule has 1 aliphatic carbocycles. The van der Waals surface area contributed by atoms with Crippen LogP contribution in [0.5, 0.6) is 0 Å². The number of carbonyl (C=O) groups is 1. The third-order valence-corrected chi connectivity index (χ3v) is 3.80. The lowest BCUT2D eigenvalue weighted by Gasteiger charge is -2.10. The van der Waals surface area contributed by atoms with Gasteiger partial charge in [-0.25, -0.2) is 0 Å². The van der Waals surface area contributed by atoms with Gasteiger partial charge in [-0.3, -0.25) is 9.89 Å². The molecule has 3 N–H and O–H groups in total. The van der Waals surface area contributed by atoms with Crippen LogP contribution >= 0.6 is 15.9 Å². The molecular weight excluding hydrogens is 284 g/mol. The van der Waals surface area contributed by atoms with Crippen molar-refractivity contribution in [1.29, 1.82) is 0 Å². The second-order valence-electron chi connectivity index (χ2n) is 4.47. The Bertz CT molecular complexity index is 414. The van der Waals surface area contributed by atoms with Crippen LogP contribution < -0.4 is 10.6 Å². The highest BCUT2D eigenvalue weighted by molar-refractivity contribution is 9.10. The van der Waals surface area contributed by atoms with Gasteiger partial charge < -0.3 is 10.6 Å². The molecule has 1 atom stereocenters. The van der Waals surface area contributed by atoms with E-state index in [1.165, 1.54) is 12.8 Å². The molecule has 1 heterocycles. The molecule has 0 aliphatic heterocycles. The summed E-state index contributed by atoms with van der Waals surface area (Å²) in [6.45, 7) is 2.60. The first-order valence-electron chi connectivity index (χ1n) is 5.82. The summed E-state index contributed by atoms with van der Waals surface area (Å²) in [6, 6.07) is 0.250. The minimum atomic E-state index is -0.137. The number of H-pyrrole nitrogens is 1. The fourth-order valence-corrected chi connectivity index (χ4v) is 2.25. The third-order valence-electron chi connectivity index (χ3n) is 2.99. The fraction of sp³-hybridized carbons (Fsp3) is 0.636. The van der Waals surface area contributed by atoms with E-state index >= 15 is 0 Å². The number of hydrogen-bond acceptors (Lipinski definition) is 3. The van der Waals surface area contributed by atoms with Crippen molar-refractivity contribution in [2.75, 3.05) is 13.6 Å². The minimum absolute atomic E-state index is 0.137. The maximum atomic E-state index is 11.9. The van der Waals surface area contributed by atoms with Crippen molar-refractivity contribution in [3.63, 3.8) is 0 Å². The van der Waals surface area contributed by atoms with E-state index in [1.807, 2.05) is 14.0 Å². The molecule has 1 aromatic rings. The molecule has 5 nitrogen and oxygen atoms in total. The highest BCUT2D eigenvalue weighted by atomic mass is 79.9. The van der Waals surface area contributed by atoms with Gasteiger partial charge in [0.1, 0.15) is 0 Å². The average molecular weight is 301 g/mol. The second-order valence-corrected chi connectivity index (χ2v) is 5.27. The van der Waals surface area contributed by atoms with E-state index < -0.39 is 0 Å². The Hall–Kier alpha value is -0.880. The Morgan fingerprint density at radius 3 is 2.94 bits per heavy atom. The monoisotopic (exact) mass is 300 g/mol. The molecule has 0 radical (unpaired) electrons. The van der Waals surface area contributed by atoms with Gasteiger partial charge >= 0.3 is 0 Å². The number of aromatic amines is 1. The van der Waals surface area contributed by atoms with Gasteiger partial charge in [0.2, 0.25) is 0 Å². The van der Waals surface area contributed by atoms with Gasteiger partial charge in [0.05, 0.1) is 10.2 Å². The van der Waals surface area contributed by atoms with Gasteiger partial charge in [-0.05, 0) is 42.7 Å². The highest BCUT2D eigenvalue weighted by Crippen LogP contribution is 2.42. The first-order chi connectivity index (χ1) is 8.13. The number of amides is 1. The van der Waals surface area contributed by atoms with Crippen molar-refractivity contribution < 1.29 is 4.79 Å². The number of hydrogen-bond donors (Lipinski definition) is 3. The number of rotatable bonds is 5. The van der Waals surface area contributed by atoms with Crippen LogP contribution in [0.3, 0.4) is 0 Å². The number of aromatic nitrogens is 2. The zero-order chi connectivity index (χ0) is 12.4. The fourth-order valence-electron chi connectivity index (χ4n) is 1.57. The maximum absolute atomic E-state index is 11.9. The molecule has 0 aromatic carbocycles. The van der Waals surface area contributed by atoms with Crippen molar-refractivity contribution in [1.82, 2.24) is 20.8 Å². The normalized spacial score (nSPS) is 16.9. The van der Waals surface area contributed by atoms with Crippen LogP contribution in [0.1, 0.15) is 41.9 Å². The summed E-state index contributed by atoms with van der Waals surface area (Å²) in [5, 5.41) is 12.9. The minimum Gasteiger partial charge on any atom is -0.349 e. The molecule has 1 aromatic heterocycles. The predicted octanol–water partition coefficient (Wildman–Crippen LogP) is 1.39. The SMILES string of the molecule is CNC(C)CNC(=O)c1n[nH]c(C2CC2)c1Br. The number of halogens is 1.